The van der Waals surface area contributed by atoms with Crippen LogP contribution in [0.25, 0.3) is 87.6 Å². The van der Waals surface area contributed by atoms with E-state index in [2.05, 4.69) is 251 Å². The summed E-state index contributed by atoms with van der Waals surface area (Å²) in [6.45, 7) is 4.80. The molecule has 0 aliphatic heterocycles. The zero-order valence-corrected chi connectivity index (χ0v) is 41.0. The van der Waals surface area contributed by atoms with Crippen LogP contribution in [-0.2, 0) is 16.3 Å². The number of fused-ring (bicyclic) bond motifs is 9. The fraction of sp³-hybridized carbons (Fsp3) is 0.0909. The lowest BCUT2D eigenvalue weighted by molar-refractivity contribution is 0.660. The standard InChI is InChI=1S/C66H51OSSi/c1-66(2)59-42-46(35-36-51(59)57-39-44-21-13-14-22-45(44)41-60(57)66)63-53-30-15-17-32-55(53)64(56-33-18-16-31-54(56)63)47-40-58-52-29-19-20-34-61(52)67-65(58)62(43-47)68(3)37-38-69(48-23-7-4-8-24-48,49-25-9-5-10-26-49)50-27-11-6-12-28-50/h4-36,39-43H,37-38H2,1-3H3/q+1. The van der Waals surface area contributed by atoms with Gasteiger partial charge in [0.25, 0.3) is 0 Å². The second-order valence-corrected chi connectivity index (χ2v) is 25.7. The maximum Gasteiger partial charge on any atom is 0.198 e. The predicted octanol–water partition coefficient (Wildman–Crippen LogP) is 15.5. The van der Waals surface area contributed by atoms with E-state index in [9.17, 15) is 0 Å². The molecular formula is C66H51OSSi+. The van der Waals surface area contributed by atoms with Crippen molar-refractivity contribution < 1.29 is 4.42 Å². The lowest BCUT2D eigenvalue weighted by atomic mass is 9.80. The molecular weight excluding hydrogens is 869 g/mol. The minimum atomic E-state index is -2.48. The summed E-state index contributed by atoms with van der Waals surface area (Å²) < 4.78 is 6.95. The van der Waals surface area contributed by atoms with Gasteiger partial charge in [0.15, 0.2) is 18.6 Å². The van der Waals surface area contributed by atoms with Crippen molar-refractivity contribution >= 4 is 88.8 Å². The van der Waals surface area contributed by atoms with Gasteiger partial charge >= 0.3 is 0 Å². The minimum Gasteiger partial charge on any atom is -0.451 e. The van der Waals surface area contributed by atoms with Gasteiger partial charge in [-0.25, -0.2) is 0 Å². The topological polar surface area (TPSA) is 13.1 Å². The molecule has 3 heteroatoms. The number of hydrogen-bond acceptors (Lipinski definition) is 1. The summed E-state index contributed by atoms with van der Waals surface area (Å²) >= 11 is 0. The maximum absolute atomic E-state index is 6.95. The van der Waals surface area contributed by atoms with Crippen molar-refractivity contribution in [2.24, 2.45) is 0 Å². The highest BCUT2D eigenvalue weighted by Crippen LogP contribution is 2.52. The number of hydrogen-bond donors (Lipinski definition) is 0. The molecule has 1 nitrogen and oxygen atoms in total. The molecule has 330 valence electrons. The third-order valence-electron chi connectivity index (χ3n) is 15.5. The second-order valence-electron chi connectivity index (χ2n) is 19.5. The Bertz CT molecular complexity index is 3790. The second kappa shape index (κ2) is 16.4. The molecule has 0 amide bonds. The van der Waals surface area contributed by atoms with Gasteiger partial charge in [0.2, 0.25) is 0 Å². The molecule has 0 bridgehead atoms. The number of furan rings is 1. The van der Waals surface area contributed by atoms with Gasteiger partial charge in [-0.2, -0.15) is 0 Å². The molecule has 0 radical (unpaired) electrons. The maximum atomic E-state index is 6.95. The summed E-state index contributed by atoms with van der Waals surface area (Å²) in [6, 6.07) is 87.8. The van der Waals surface area contributed by atoms with Crippen LogP contribution >= 0.6 is 0 Å². The van der Waals surface area contributed by atoms with Gasteiger partial charge in [0.05, 0.1) is 0 Å². The normalized spacial score (nSPS) is 13.6. The fourth-order valence-electron chi connectivity index (χ4n) is 12.0. The lowest BCUT2D eigenvalue weighted by Crippen LogP contribution is -2.67. The number of benzene rings is 11. The largest absolute Gasteiger partial charge is 0.451 e. The van der Waals surface area contributed by atoms with Crippen molar-refractivity contribution in [2.45, 2.75) is 30.2 Å². The van der Waals surface area contributed by atoms with Crippen molar-refractivity contribution in [1.29, 1.82) is 0 Å². The average Bonchev–Trinajstić information content (AvgIpc) is 3.88. The molecule has 0 saturated heterocycles. The van der Waals surface area contributed by atoms with E-state index < -0.39 is 8.07 Å². The molecule has 1 unspecified atom stereocenters. The minimum absolute atomic E-state index is 0.141. The molecule has 0 spiro atoms. The van der Waals surface area contributed by atoms with Gasteiger partial charge < -0.3 is 4.42 Å². The summed E-state index contributed by atoms with van der Waals surface area (Å²) in [7, 11) is -2.66. The first kappa shape index (κ1) is 41.7. The summed E-state index contributed by atoms with van der Waals surface area (Å²) in [5.41, 5.74) is 12.3. The van der Waals surface area contributed by atoms with Gasteiger partial charge in [-0.05, 0) is 123 Å². The van der Waals surface area contributed by atoms with E-state index in [0.29, 0.717) is 0 Å². The van der Waals surface area contributed by atoms with E-state index in [0.717, 1.165) is 28.3 Å². The molecule has 1 aliphatic rings. The Labute approximate surface area is 408 Å². The fourth-order valence-corrected chi connectivity index (χ4v) is 19.7. The molecule has 0 N–H and O–H groups in total. The van der Waals surface area contributed by atoms with Crippen LogP contribution in [0, 0.1) is 0 Å². The van der Waals surface area contributed by atoms with Gasteiger partial charge in [-0.1, -0.05) is 208 Å². The third-order valence-corrected chi connectivity index (χ3v) is 22.6. The predicted molar refractivity (Wildman–Crippen MR) is 300 cm³/mol. The van der Waals surface area contributed by atoms with Crippen molar-refractivity contribution in [1.82, 2.24) is 0 Å². The molecule has 1 aromatic heterocycles. The Hall–Kier alpha value is -7.43. The molecule has 0 fully saturated rings. The zero-order valence-electron chi connectivity index (χ0n) is 39.2. The van der Waals surface area contributed by atoms with Crippen LogP contribution in [-0.4, -0.2) is 20.1 Å². The summed E-state index contributed by atoms with van der Waals surface area (Å²) in [5, 5.41) is 14.3. The first-order valence-electron chi connectivity index (χ1n) is 24.3. The van der Waals surface area contributed by atoms with Gasteiger partial charge in [-0.3, -0.25) is 0 Å². The molecule has 11 aromatic carbocycles. The van der Waals surface area contributed by atoms with Crippen LogP contribution in [0.2, 0.25) is 6.04 Å². The summed E-state index contributed by atoms with van der Waals surface area (Å²) in [4.78, 5) is 1.29. The molecule has 69 heavy (non-hydrogen) atoms. The van der Waals surface area contributed by atoms with Crippen LogP contribution in [0.15, 0.2) is 240 Å². The van der Waals surface area contributed by atoms with E-state index in [4.69, 9.17) is 4.42 Å². The van der Waals surface area contributed by atoms with Crippen LogP contribution in [0.1, 0.15) is 25.0 Å². The number of rotatable bonds is 9. The van der Waals surface area contributed by atoms with Gasteiger partial charge in [0, 0.05) is 39.2 Å². The van der Waals surface area contributed by atoms with Crippen LogP contribution in [0.5, 0.6) is 0 Å². The zero-order chi connectivity index (χ0) is 46.3. The van der Waals surface area contributed by atoms with Crippen LogP contribution < -0.4 is 15.6 Å². The Morgan fingerprint density at radius 3 is 1.48 bits per heavy atom. The monoisotopic (exact) mass is 919 g/mol. The highest BCUT2D eigenvalue weighted by Gasteiger charge is 2.42. The summed E-state index contributed by atoms with van der Waals surface area (Å²) in [5.74, 6) is 1.02. The molecule has 13 rings (SSSR count). The van der Waals surface area contributed by atoms with Gasteiger partial charge in [0.1, 0.15) is 17.6 Å². The van der Waals surface area contributed by atoms with Gasteiger partial charge in [-0.15, -0.1) is 0 Å². The van der Waals surface area contributed by atoms with Crippen molar-refractivity contribution in [3.8, 4) is 33.4 Å². The van der Waals surface area contributed by atoms with E-state index in [1.165, 1.54) is 103 Å². The smallest absolute Gasteiger partial charge is 0.198 e. The average molecular weight is 920 g/mol. The van der Waals surface area contributed by atoms with Crippen molar-refractivity contribution in [3.05, 3.63) is 242 Å². The molecule has 1 atom stereocenters. The van der Waals surface area contributed by atoms with E-state index in [1.54, 1.807) is 0 Å². The van der Waals surface area contributed by atoms with Crippen molar-refractivity contribution in [3.63, 3.8) is 0 Å². The first-order valence-corrected chi connectivity index (χ1v) is 28.3. The van der Waals surface area contributed by atoms with E-state index in [-0.39, 0.29) is 16.3 Å². The van der Waals surface area contributed by atoms with E-state index >= 15 is 0 Å². The Kier molecular flexibility index (Phi) is 9.90. The van der Waals surface area contributed by atoms with E-state index in [1.807, 2.05) is 0 Å². The first-order chi connectivity index (χ1) is 33.9. The quantitative estimate of drug-likeness (QED) is 0.0609. The van der Waals surface area contributed by atoms with Crippen LogP contribution in [0.4, 0.5) is 0 Å². The third kappa shape index (κ3) is 6.59. The Balaban J connectivity index is 0.988. The summed E-state index contributed by atoms with van der Waals surface area (Å²) in [6.07, 6.45) is 2.46. The van der Waals surface area contributed by atoms with Crippen LogP contribution in [0.3, 0.4) is 0 Å². The lowest BCUT2D eigenvalue weighted by Gasteiger charge is -2.33. The van der Waals surface area contributed by atoms with Crippen molar-refractivity contribution in [2.75, 3.05) is 12.0 Å². The molecule has 0 saturated carbocycles. The molecule has 12 aromatic rings. The Morgan fingerprint density at radius 2 is 0.899 bits per heavy atom. The highest BCUT2D eigenvalue weighted by atomic mass is 32.2. The SMILES string of the molecule is C[S+](CC[Si](c1ccccc1)(c1ccccc1)c1ccccc1)c1cc(-c2c3ccccc3c(-c3ccc4c(c3)C(C)(C)c3cc5ccccc5cc3-4)c3ccccc23)cc2c1oc1ccccc12. The molecule has 1 aliphatic carbocycles. The Morgan fingerprint density at radius 1 is 0.420 bits per heavy atom. The number of para-hydroxylation sites is 1. The molecule has 1 heterocycles. The highest BCUT2D eigenvalue weighted by molar-refractivity contribution is 7.96.